The summed E-state index contributed by atoms with van der Waals surface area (Å²) in [4.78, 5) is 2.28. The van der Waals surface area contributed by atoms with Gasteiger partial charge in [-0.3, -0.25) is 0 Å². The lowest BCUT2D eigenvalue weighted by molar-refractivity contribution is 0.161. The third kappa shape index (κ3) is 4.64. The molecule has 0 aliphatic heterocycles. The lowest BCUT2D eigenvalue weighted by atomic mass is 10.1. The second kappa shape index (κ2) is 7.25. The molecule has 3 nitrogen and oxygen atoms in total. The van der Waals surface area contributed by atoms with E-state index >= 15 is 0 Å². The summed E-state index contributed by atoms with van der Waals surface area (Å²) in [5.41, 5.74) is 8.04. The summed E-state index contributed by atoms with van der Waals surface area (Å²) >= 11 is 0. The summed E-state index contributed by atoms with van der Waals surface area (Å²) in [6.45, 7) is 2.86. The van der Waals surface area contributed by atoms with Crippen molar-refractivity contribution in [3.05, 3.63) is 29.8 Å². The van der Waals surface area contributed by atoms with Crippen molar-refractivity contribution in [3.63, 3.8) is 0 Å². The monoisotopic (exact) mass is 222 g/mol. The molecule has 0 spiro atoms. The van der Waals surface area contributed by atoms with Gasteiger partial charge in [-0.15, -0.1) is 0 Å². The zero-order chi connectivity index (χ0) is 11.8. The van der Waals surface area contributed by atoms with Crippen molar-refractivity contribution < 1.29 is 4.74 Å². The fraction of sp³-hybridized carbons (Fsp3) is 0.538. The molecule has 0 fully saturated rings. The first-order valence-electron chi connectivity index (χ1n) is 5.75. The molecule has 0 unspecified atom stereocenters. The summed E-state index contributed by atoms with van der Waals surface area (Å²) < 4.78 is 5.03. The second-order valence-electron chi connectivity index (χ2n) is 4.10. The summed E-state index contributed by atoms with van der Waals surface area (Å²) in [6.07, 6.45) is 2.18. The Labute approximate surface area is 98.2 Å². The molecule has 0 atom stereocenters. The Balaban J connectivity index is 2.23. The average molecular weight is 222 g/mol. The molecule has 0 saturated heterocycles. The van der Waals surface area contributed by atoms with E-state index in [1.165, 1.54) is 5.56 Å². The van der Waals surface area contributed by atoms with Crippen LogP contribution in [0.25, 0.3) is 0 Å². The highest BCUT2D eigenvalue weighted by molar-refractivity contribution is 5.46. The molecular weight excluding hydrogens is 200 g/mol. The van der Waals surface area contributed by atoms with Gasteiger partial charge in [0.25, 0.3) is 0 Å². The Kier molecular flexibility index (Phi) is 5.90. The molecule has 1 rings (SSSR count). The van der Waals surface area contributed by atoms with E-state index in [2.05, 4.69) is 18.0 Å². The predicted octanol–water partition coefficient (Wildman–Crippen LogP) is 1.78. The second-order valence-corrected chi connectivity index (χ2v) is 4.10. The standard InChI is InChI=1S/C13H22N2O/c1-15(10-11-16-2)9-5-7-12-6-3-4-8-13(12)14/h3-4,6,8H,5,7,9-11,14H2,1-2H3. The highest BCUT2D eigenvalue weighted by Gasteiger charge is 2.00. The molecule has 0 radical (unpaired) electrons. The minimum atomic E-state index is 0.796. The average Bonchev–Trinajstić information content (AvgIpc) is 2.29. The zero-order valence-corrected chi connectivity index (χ0v) is 10.3. The maximum absolute atomic E-state index is 5.88. The SMILES string of the molecule is COCCN(C)CCCc1ccccc1N. The Bertz CT molecular complexity index is 302. The fourth-order valence-electron chi connectivity index (χ4n) is 1.66. The number of ether oxygens (including phenoxy) is 1. The number of benzene rings is 1. The summed E-state index contributed by atoms with van der Waals surface area (Å²) in [6, 6.07) is 8.08. The molecule has 0 aliphatic carbocycles. The van der Waals surface area contributed by atoms with E-state index in [0.29, 0.717) is 0 Å². The van der Waals surface area contributed by atoms with E-state index < -0.39 is 0 Å². The van der Waals surface area contributed by atoms with Crippen molar-refractivity contribution in [2.24, 2.45) is 0 Å². The first kappa shape index (κ1) is 13.0. The summed E-state index contributed by atoms with van der Waals surface area (Å²) in [5.74, 6) is 0. The molecule has 16 heavy (non-hydrogen) atoms. The van der Waals surface area contributed by atoms with E-state index in [0.717, 1.165) is 38.2 Å². The maximum Gasteiger partial charge on any atom is 0.0589 e. The van der Waals surface area contributed by atoms with Crippen molar-refractivity contribution >= 4 is 5.69 Å². The molecule has 0 heterocycles. The van der Waals surface area contributed by atoms with Gasteiger partial charge < -0.3 is 15.4 Å². The number of likely N-dealkylation sites (N-methyl/N-ethyl adjacent to an activating group) is 1. The van der Waals surface area contributed by atoms with Crippen molar-refractivity contribution in [1.82, 2.24) is 4.90 Å². The molecule has 0 bridgehead atoms. The molecule has 0 aliphatic rings. The van der Waals surface area contributed by atoms with E-state index in [4.69, 9.17) is 10.5 Å². The van der Waals surface area contributed by atoms with Gasteiger partial charge in [-0.25, -0.2) is 0 Å². The van der Waals surface area contributed by atoms with Crippen LogP contribution in [0, 0.1) is 0 Å². The van der Waals surface area contributed by atoms with E-state index in [1.54, 1.807) is 7.11 Å². The first-order valence-corrected chi connectivity index (χ1v) is 5.75. The van der Waals surface area contributed by atoms with Crippen LogP contribution in [-0.2, 0) is 11.2 Å². The molecule has 0 aromatic heterocycles. The van der Waals surface area contributed by atoms with Gasteiger partial charge in [0.15, 0.2) is 0 Å². The van der Waals surface area contributed by atoms with Crippen LogP contribution in [0.1, 0.15) is 12.0 Å². The lowest BCUT2D eigenvalue weighted by Crippen LogP contribution is -2.24. The smallest absolute Gasteiger partial charge is 0.0589 e. The maximum atomic E-state index is 5.88. The van der Waals surface area contributed by atoms with Crippen LogP contribution >= 0.6 is 0 Å². The quantitative estimate of drug-likeness (QED) is 0.715. The van der Waals surface area contributed by atoms with E-state index in [1.807, 2.05) is 18.2 Å². The normalized spacial score (nSPS) is 10.9. The van der Waals surface area contributed by atoms with Gasteiger partial charge in [-0.2, -0.15) is 0 Å². The highest BCUT2D eigenvalue weighted by Crippen LogP contribution is 2.12. The van der Waals surface area contributed by atoms with Gasteiger partial charge in [0.05, 0.1) is 6.61 Å². The highest BCUT2D eigenvalue weighted by atomic mass is 16.5. The molecule has 1 aromatic carbocycles. The number of methoxy groups -OCH3 is 1. The number of aryl methyl sites for hydroxylation is 1. The molecule has 0 amide bonds. The van der Waals surface area contributed by atoms with Crippen LogP contribution in [-0.4, -0.2) is 38.8 Å². The predicted molar refractivity (Wildman–Crippen MR) is 68.5 cm³/mol. The number of nitrogens with zero attached hydrogens (tertiary/aromatic N) is 1. The van der Waals surface area contributed by atoms with Crippen LogP contribution in [0.15, 0.2) is 24.3 Å². The lowest BCUT2D eigenvalue weighted by Gasteiger charge is -2.15. The van der Waals surface area contributed by atoms with Gasteiger partial charge in [0.1, 0.15) is 0 Å². The first-order chi connectivity index (χ1) is 7.74. The zero-order valence-electron chi connectivity index (χ0n) is 10.3. The Morgan fingerprint density at radius 2 is 2.00 bits per heavy atom. The number of anilines is 1. The number of hydrogen-bond acceptors (Lipinski definition) is 3. The number of para-hydroxylation sites is 1. The van der Waals surface area contributed by atoms with Crippen LogP contribution in [0.2, 0.25) is 0 Å². The Hall–Kier alpha value is -1.06. The third-order valence-corrected chi connectivity index (χ3v) is 2.72. The largest absolute Gasteiger partial charge is 0.399 e. The number of hydrogen-bond donors (Lipinski definition) is 1. The minimum absolute atomic E-state index is 0.796. The fourth-order valence-corrected chi connectivity index (χ4v) is 1.66. The van der Waals surface area contributed by atoms with E-state index in [9.17, 15) is 0 Å². The minimum Gasteiger partial charge on any atom is -0.399 e. The Morgan fingerprint density at radius 3 is 2.69 bits per heavy atom. The Morgan fingerprint density at radius 1 is 1.25 bits per heavy atom. The van der Waals surface area contributed by atoms with Crippen LogP contribution in [0.5, 0.6) is 0 Å². The van der Waals surface area contributed by atoms with Crippen molar-refractivity contribution in [2.45, 2.75) is 12.8 Å². The van der Waals surface area contributed by atoms with E-state index in [-0.39, 0.29) is 0 Å². The van der Waals surface area contributed by atoms with Crippen LogP contribution in [0.4, 0.5) is 5.69 Å². The molecule has 3 heteroatoms. The van der Waals surface area contributed by atoms with Crippen molar-refractivity contribution in [2.75, 3.05) is 39.6 Å². The van der Waals surface area contributed by atoms with Gasteiger partial charge >= 0.3 is 0 Å². The summed E-state index contributed by atoms with van der Waals surface area (Å²) in [5, 5.41) is 0. The molecule has 90 valence electrons. The molecule has 2 N–H and O–H groups in total. The van der Waals surface area contributed by atoms with Crippen molar-refractivity contribution in [1.29, 1.82) is 0 Å². The molecular formula is C13H22N2O. The molecule has 1 aromatic rings. The van der Waals surface area contributed by atoms with Crippen LogP contribution < -0.4 is 5.73 Å². The third-order valence-electron chi connectivity index (χ3n) is 2.72. The number of rotatable bonds is 7. The number of nitrogen functional groups attached to an aromatic ring is 1. The van der Waals surface area contributed by atoms with Crippen LogP contribution in [0.3, 0.4) is 0 Å². The number of nitrogens with two attached hydrogens (primary N) is 1. The van der Waals surface area contributed by atoms with Gasteiger partial charge in [-0.05, 0) is 38.1 Å². The van der Waals surface area contributed by atoms with Crippen molar-refractivity contribution in [3.8, 4) is 0 Å². The van der Waals surface area contributed by atoms with Gasteiger partial charge in [0, 0.05) is 19.3 Å². The topological polar surface area (TPSA) is 38.5 Å². The van der Waals surface area contributed by atoms with Gasteiger partial charge in [-0.1, -0.05) is 18.2 Å². The van der Waals surface area contributed by atoms with Gasteiger partial charge in [0.2, 0.25) is 0 Å². The molecule has 0 saturated carbocycles. The summed E-state index contributed by atoms with van der Waals surface area (Å²) in [7, 11) is 3.85.